The molecular weight excluding hydrogens is 188 g/mol. The van der Waals surface area contributed by atoms with Crippen LogP contribution in [0.15, 0.2) is 18.2 Å². The lowest BCUT2D eigenvalue weighted by Gasteiger charge is -2.29. The van der Waals surface area contributed by atoms with Crippen molar-refractivity contribution in [2.24, 2.45) is 0 Å². The summed E-state index contributed by atoms with van der Waals surface area (Å²) >= 11 is 0. The molecule has 2 rings (SSSR count). The van der Waals surface area contributed by atoms with Crippen molar-refractivity contribution in [2.45, 2.75) is 6.92 Å². The molecule has 0 radical (unpaired) electrons. The number of nitrogens with one attached hydrogen (secondary N) is 1. The van der Waals surface area contributed by atoms with E-state index in [2.05, 4.69) is 11.2 Å². The summed E-state index contributed by atoms with van der Waals surface area (Å²) in [5.41, 5.74) is 2.97. The third kappa shape index (κ3) is 1.79. The zero-order valence-corrected chi connectivity index (χ0v) is 8.58. The number of aryl methyl sites for hydroxylation is 1. The van der Waals surface area contributed by atoms with Gasteiger partial charge in [-0.2, -0.15) is 0 Å². The van der Waals surface area contributed by atoms with E-state index in [4.69, 9.17) is 6.42 Å². The standard InChI is InChI=1S/C12H12N2O/c1-3-6-14-8-12(15)13-10-7-9(2)4-5-11(10)14/h1,4-5,7H,6,8H2,2H3,(H,13,15). The second-order valence-electron chi connectivity index (χ2n) is 3.63. The molecule has 0 spiro atoms. The van der Waals surface area contributed by atoms with E-state index >= 15 is 0 Å². The topological polar surface area (TPSA) is 32.3 Å². The first-order valence-corrected chi connectivity index (χ1v) is 4.79. The lowest BCUT2D eigenvalue weighted by atomic mass is 10.1. The van der Waals surface area contributed by atoms with Crippen molar-refractivity contribution in [1.82, 2.24) is 0 Å². The Hall–Kier alpha value is -1.95. The van der Waals surface area contributed by atoms with Gasteiger partial charge >= 0.3 is 0 Å². The highest BCUT2D eigenvalue weighted by molar-refractivity contribution is 6.01. The van der Waals surface area contributed by atoms with Crippen molar-refractivity contribution in [3.05, 3.63) is 23.8 Å². The molecule has 0 saturated heterocycles. The molecule has 0 atom stereocenters. The quantitative estimate of drug-likeness (QED) is 0.695. The highest BCUT2D eigenvalue weighted by Gasteiger charge is 2.20. The Labute approximate surface area is 89.1 Å². The third-order valence-electron chi connectivity index (χ3n) is 2.38. The number of hydrogen-bond donors (Lipinski definition) is 1. The number of fused-ring (bicyclic) bond motifs is 1. The fourth-order valence-corrected chi connectivity index (χ4v) is 1.73. The summed E-state index contributed by atoms with van der Waals surface area (Å²) in [5, 5.41) is 2.84. The Morgan fingerprint density at radius 3 is 3.13 bits per heavy atom. The molecule has 0 aliphatic carbocycles. The Morgan fingerprint density at radius 1 is 1.60 bits per heavy atom. The molecule has 1 aromatic rings. The van der Waals surface area contributed by atoms with Gasteiger partial charge in [-0.05, 0) is 24.6 Å². The van der Waals surface area contributed by atoms with E-state index < -0.39 is 0 Å². The highest BCUT2D eigenvalue weighted by Crippen LogP contribution is 2.29. The van der Waals surface area contributed by atoms with Crippen LogP contribution < -0.4 is 10.2 Å². The summed E-state index contributed by atoms with van der Waals surface area (Å²) in [5.74, 6) is 2.55. The van der Waals surface area contributed by atoms with E-state index in [-0.39, 0.29) is 5.91 Å². The zero-order valence-electron chi connectivity index (χ0n) is 8.58. The van der Waals surface area contributed by atoms with Crippen LogP contribution in [0.25, 0.3) is 0 Å². The second kappa shape index (κ2) is 3.66. The molecule has 0 aromatic heterocycles. The average Bonchev–Trinajstić information content (AvgIpc) is 2.17. The number of amides is 1. The van der Waals surface area contributed by atoms with Gasteiger partial charge in [-0.3, -0.25) is 4.79 Å². The van der Waals surface area contributed by atoms with E-state index in [0.717, 1.165) is 16.9 Å². The number of carbonyl (C=O) groups excluding carboxylic acids is 1. The molecule has 3 nitrogen and oxygen atoms in total. The van der Waals surface area contributed by atoms with E-state index in [1.807, 2.05) is 30.0 Å². The maximum Gasteiger partial charge on any atom is 0.243 e. The van der Waals surface area contributed by atoms with Gasteiger partial charge in [-0.25, -0.2) is 0 Å². The fourth-order valence-electron chi connectivity index (χ4n) is 1.73. The summed E-state index contributed by atoms with van der Waals surface area (Å²) in [6, 6.07) is 5.96. The number of carbonyl (C=O) groups is 1. The maximum absolute atomic E-state index is 11.4. The molecule has 3 heteroatoms. The molecule has 0 unspecified atom stereocenters. The summed E-state index contributed by atoms with van der Waals surface area (Å²) in [6.45, 7) is 2.79. The van der Waals surface area contributed by atoms with Gasteiger partial charge in [0.05, 0.1) is 24.5 Å². The molecule has 1 N–H and O–H groups in total. The number of benzene rings is 1. The lowest BCUT2D eigenvalue weighted by molar-refractivity contribution is -0.115. The number of hydrogen-bond acceptors (Lipinski definition) is 2. The van der Waals surface area contributed by atoms with Gasteiger partial charge in [0.25, 0.3) is 0 Å². The minimum absolute atomic E-state index is 0.0108. The highest BCUT2D eigenvalue weighted by atomic mass is 16.2. The Morgan fingerprint density at radius 2 is 2.40 bits per heavy atom. The predicted octanol–water partition coefficient (Wildman–Crippen LogP) is 1.39. The predicted molar refractivity (Wildman–Crippen MR) is 60.9 cm³/mol. The smallest absolute Gasteiger partial charge is 0.243 e. The fraction of sp³-hybridized carbons (Fsp3) is 0.250. The van der Waals surface area contributed by atoms with Gasteiger partial charge in [-0.15, -0.1) is 6.42 Å². The Kier molecular flexibility index (Phi) is 2.34. The summed E-state index contributed by atoms with van der Waals surface area (Å²) in [4.78, 5) is 13.3. The van der Waals surface area contributed by atoms with Crippen molar-refractivity contribution in [3.8, 4) is 12.3 Å². The summed E-state index contributed by atoms with van der Waals surface area (Å²) in [7, 11) is 0. The molecule has 15 heavy (non-hydrogen) atoms. The van der Waals surface area contributed by atoms with Gasteiger partial charge in [0.2, 0.25) is 5.91 Å². The lowest BCUT2D eigenvalue weighted by Crippen LogP contribution is -2.38. The maximum atomic E-state index is 11.4. The molecule has 76 valence electrons. The van der Waals surface area contributed by atoms with Crippen LogP contribution in [0, 0.1) is 19.3 Å². The minimum atomic E-state index is -0.0108. The van der Waals surface area contributed by atoms with E-state index in [9.17, 15) is 4.79 Å². The Balaban J connectivity index is 2.42. The second-order valence-corrected chi connectivity index (χ2v) is 3.63. The summed E-state index contributed by atoms with van der Waals surface area (Å²) in [6.07, 6.45) is 5.27. The first-order chi connectivity index (χ1) is 7.20. The van der Waals surface area contributed by atoms with Crippen molar-refractivity contribution in [1.29, 1.82) is 0 Å². The van der Waals surface area contributed by atoms with Crippen molar-refractivity contribution in [2.75, 3.05) is 23.3 Å². The van der Waals surface area contributed by atoms with Gasteiger partial charge < -0.3 is 10.2 Å². The first kappa shape index (κ1) is 9.60. The monoisotopic (exact) mass is 200 g/mol. The Bertz CT molecular complexity index is 445. The first-order valence-electron chi connectivity index (χ1n) is 4.79. The van der Waals surface area contributed by atoms with Crippen LogP contribution in [0.1, 0.15) is 5.56 Å². The largest absolute Gasteiger partial charge is 0.349 e. The molecular formula is C12H12N2O. The van der Waals surface area contributed by atoms with Crippen LogP contribution >= 0.6 is 0 Å². The van der Waals surface area contributed by atoms with Crippen LogP contribution in [0.5, 0.6) is 0 Å². The van der Waals surface area contributed by atoms with E-state index in [1.54, 1.807) is 0 Å². The van der Waals surface area contributed by atoms with Crippen LogP contribution in [0.4, 0.5) is 11.4 Å². The summed E-state index contributed by atoms with van der Waals surface area (Å²) < 4.78 is 0. The third-order valence-corrected chi connectivity index (χ3v) is 2.38. The van der Waals surface area contributed by atoms with Crippen molar-refractivity contribution < 1.29 is 4.79 Å². The average molecular weight is 200 g/mol. The zero-order chi connectivity index (χ0) is 10.8. The molecule has 1 aromatic carbocycles. The number of nitrogens with zero attached hydrogens (tertiary/aromatic N) is 1. The molecule has 1 aliphatic heterocycles. The molecule has 0 fully saturated rings. The molecule has 0 saturated carbocycles. The SMILES string of the molecule is C#CCN1CC(=O)Nc2cc(C)ccc21. The van der Waals surface area contributed by atoms with Crippen LogP contribution in [-0.4, -0.2) is 19.0 Å². The van der Waals surface area contributed by atoms with Gasteiger partial charge in [0, 0.05) is 0 Å². The number of anilines is 2. The number of terminal acetylenes is 1. The van der Waals surface area contributed by atoms with E-state index in [0.29, 0.717) is 13.1 Å². The van der Waals surface area contributed by atoms with Gasteiger partial charge in [0.15, 0.2) is 0 Å². The van der Waals surface area contributed by atoms with Crippen molar-refractivity contribution in [3.63, 3.8) is 0 Å². The molecule has 1 amide bonds. The van der Waals surface area contributed by atoms with E-state index in [1.165, 1.54) is 0 Å². The van der Waals surface area contributed by atoms with Crippen LogP contribution in [0.3, 0.4) is 0 Å². The molecule has 1 heterocycles. The van der Waals surface area contributed by atoms with Crippen molar-refractivity contribution >= 4 is 17.3 Å². The van der Waals surface area contributed by atoms with Crippen LogP contribution in [-0.2, 0) is 4.79 Å². The normalized spacial score (nSPS) is 14.1. The molecule has 0 bridgehead atoms. The van der Waals surface area contributed by atoms with Gasteiger partial charge in [-0.1, -0.05) is 12.0 Å². The van der Waals surface area contributed by atoms with Gasteiger partial charge in [0.1, 0.15) is 0 Å². The molecule has 1 aliphatic rings. The number of rotatable bonds is 1. The van der Waals surface area contributed by atoms with Crippen LogP contribution in [0.2, 0.25) is 0 Å². The minimum Gasteiger partial charge on any atom is -0.349 e.